The predicted octanol–water partition coefficient (Wildman–Crippen LogP) is 4.21. The molecular formula is C14H9BrF2N2O4. The molecule has 0 heterocycles. The van der Waals surface area contributed by atoms with E-state index in [4.69, 9.17) is 0 Å². The number of carbonyl (C=O) groups is 1. The van der Waals surface area contributed by atoms with Gasteiger partial charge in [0.25, 0.3) is 11.6 Å². The maximum absolute atomic E-state index is 12.3. The van der Waals surface area contributed by atoms with E-state index in [2.05, 4.69) is 26.0 Å². The first kappa shape index (κ1) is 16.8. The summed E-state index contributed by atoms with van der Waals surface area (Å²) >= 11 is 3.01. The third-order valence-corrected chi connectivity index (χ3v) is 3.43. The van der Waals surface area contributed by atoms with Crippen LogP contribution in [-0.4, -0.2) is 17.4 Å². The molecule has 23 heavy (non-hydrogen) atoms. The second kappa shape index (κ2) is 7.14. The van der Waals surface area contributed by atoms with Crippen LogP contribution in [0, 0.1) is 10.1 Å². The molecule has 2 aromatic carbocycles. The number of para-hydroxylation sites is 2. The molecule has 0 aliphatic carbocycles. The van der Waals surface area contributed by atoms with Crippen LogP contribution in [0.4, 0.5) is 20.2 Å². The van der Waals surface area contributed by atoms with Gasteiger partial charge in [-0.05, 0) is 40.2 Å². The SMILES string of the molecule is O=C(Nc1ccccc1OC(F)F)c1ccc(Br)c([N+](=O)[O-])c1. The number of nitrogens with zero attached hydrogens (tertiary/aromatic N) is 1. The Morgan fingerprint density at radius 3 is 2.61 bits per heavy atom. The largest absolute Gasteiger partial charge is 0.433 e. The molecule has 0 aliphatic rings. The molecule has 0 atom stereocenters. The molecule has 1 amide bonds. The number of nitrogens with one attached hydrogen (secondary N) is 1. The van der Waals surface area contributed by atoms with E-state index < -0.39 is 17.4 Å². The van der Waals surface area contributed by atoms with E-state index in [0.29, 0.717) is 0 Å². The van der Waals surface area contributed by atoms with Gasteiger partial charge in [0.15, 0.2) is 0 Å². The van der Waals surface area contributed by atoms with Crippen molar-refractivity contribution in [3.63, 3.8) is 0 Å². The number of halogens is 3. The number of ether oxygens (including phenoxy) is 1. The fourth-order valence-electron chi connectivity index (χ4n) is 1.76. The number of benzene rings is 2. The molecule has 0 radical (unpaired) electrons. The van der Waals surface area contributed by atoms with Gasteiger partial charge in [-0.3, -0.25) is 14.9 Å². The van der Waals surface area contributed by atoms with E-state index >= 15 is 0 Å². The lowest BCUT2D eigenvalue weighted by Crippen LogP contribution is -2.14. The number of hydrogen-bond acceptors (Lipinski definition) is 4. The van der Waals surface area contributed by atoms with Gasteiger partial charge in [-0.2, -0.15) is 8.78 Å². The summed E-state index contributed by atoms with van der Waals surface area (Å²) in [6.07, 6.45) is 0. The highest BCUT2D eigenvalue weighted by atomic mass is 79.9. The van der Waals surface area contributed by atoms with Gasteiger partial charge in [0.05, 0.1) is 15.1 Å². The third-order valence-electron chi connectivity index (χ3n) is 2.76. The second-order valence-electron chi connectivity index (χ2n) is 4.25. The quantitative estimate of drug-likeness (QED) is 0.616. The molecule has 0 fully saturated rings. The molecule has 0 bridgehead atoms. The van der Waals surface area contributed by atoms with Crippen molar-refractivity contribution in [2.24, 2.45) is 0 Å². The van der Waals surface area contributed by atoms with Gasteiger partial charge in [-0.1, -0.05) is 12.1 Å². The van der Waals surface area contributed by atoms with Gasteiger partial charge in [0.1, 0.15) is 5.75 Å². The Kier molecular flexibility index (Phi) is 5.22. The molecule has 2 aromatic rings. The Morgan fingerprint density at radius 2 is 1.96 bits per heavy atom. The van der Waals surface area contributed by atoms with Crippen LogP contribution >= 0.6 is 15.9 Å². The molecule has 6 nitrogen and oxygen atoms in total. The highest BCUT2D eigenvalue weighted by Gasteiger charge is 2.17. The predicted molar refractivity (Wildman–Crippen MR) is 81.8 cm³/mol. The molecular weight excluding hydrogens is 378 g/mol. The Balaban J connectivity index is 2.26. The maximum Gasteiger partial charge on any atom is 0.387 e. The maximum atomic E-state index is 12.3. The van der Waals surface area contributed by atoms with Gasteiger partial charge < -0.3 is 10.1 Å². The van der Waals surface area contributed by atoms with E-state index in [-0.39, 0.29) is 27.2 Å². The van der Waals surface area contributed by atoms with Crippen LogP contribution in [0.5, 0.6) is 5.75 Å². The second-order valence-corrected chi connectivity index (χ2v) is 5.11. The van der Waals surface area contributed by atoms with E-state index in [1.807, 2.05) is 0 Å². The van der Waals surface area contributed by atoms with Gasteiger partial charge in [0, 0.05) is 11.6 Å². The number of rotatable bonds is 5. The first-order valence-corrected chi connectivity index (χ1v) is 6.97. The summed E-state index contributed by atoms with van der Waals surface area (Å²) in [6.45, 7) is -3.04. The van der Waals surface area contributed by atoms with Crippen molar-refractivity contribution in [3.8, 4) is 5.75 Å². The van der Waals surface area contributed by atoms with Crippen LogP contribution in [0.3, 0.4) is 0 Å². The Bertz CT molecular complexity index is 755. The number of hydrogen-bond donors (Lipinski definition) is 1. The van der Waals surface area contributed by atoms with E-state index in [9.17, 15) is 23.7 Å². The zero-order valence-corrected chi connectivity index (χ0v) is 12.9. The summed E-state index contributed by atoms with van der Waals surface area (Å²) < 4.78 is 29.2. The summed E-state index contributed by atoms with van der Waals surface area (Å²) in [4.78, 5) is 22.4. The first-order valence-electron chi connectivity index (χ1n) is 6.17. The molecule has 120 valence electrons. The van der Waals surface area contributed by atoms with Gasteiger partial charge in [0.2, 0.25) is 0 Å². The van der Waals surface area contributed by atoms with Crippen molar-refractivity contribution in [2.45, 2.75) is 6.61 Å². The minimum absolute atomic E-state index is 0.00625. The van der Waals surface area contributed by atoms with Crippen LogP contribution in [0.15, 0.2) is 46.9 Å². The number of anilines is 1. The Hall–Kier alpha value is -2.55. The fourth-order valence-corrected chi connectivity index (χ4v) is 2.15. The summed E-state index contributed by atoms with van der Waals surface area (Å²) in [5, 5.41) is 13.3. The van der Waals surface area contributed by atoms with Gasteiger partial charge in [-0.15, -0.1) is 0 Å². The van der Waals surface area contributed by atoms with Crippen molar-refractivity contribution >= 4 is 33.2 Å². The van der Waals surface area contributed by atoms with Gasteiger partial charge in [-0.25, -0.2) is 0 Å². The van der Waals surface area contributed by atoms with Crippen LogP contribution in [0.2, 0.25) is 0 Å². The number of nitro benzene ring substituents is 1. The van der Waals surface area contributed by atoms with Crippen molar-refractivity contribution in [3.05, 3.63) is 62.6 Å². The number of alkyl halides is 2. The summed E-state index contributed by atoms with van der Waals surface area (Å²) in [5.74, 6) is -0.895. The zero-order chi connectivity index (χ0) is 17.0. The molecule has 0 saturated carbocycles. The molecule has 0 unspecified atom stereocenters. The topological polar surface area (TPSA) is 81.5 Å². The molecule has 2 rings (SSSR count). The standard InChI is InChI=1S/C14H9BrF2N2O4/c15-9-6-5-8(7-11(9)19(21)22)13(20)18-10-3-1-2-4-12(10)23-14(16)17/h1-7,14H,(H,18,20). The van der Waals surface area contributed by atoms with Crippen molar-refractivity contribution in [2.75, 3.05) is 5.32 Å². The minimum atomic E-state index is -3.04. The lowest BCUT2D eigenvalue weighted by molar-refractivity contribution is -0.385. The van der Waals surface area contributed by atoms with E-state index in [0.717, 1.165) is 6.07 Å². The lowest BCUT2D eigenvalue weighted by atomic mass is 10.2. The summed E-state index contributed by atoms with van der Waals surface area (Å²) in [7, 11) is 0. The molecule has 1 N–H and O–H groups in total. The van der Waals surface area contributed by atoms with Crippen LogP contribution in [0.1, 0.15) is 10.4 Å². The molecule has 0 saturated heterocycles. The van der Waals surface area contributed by atoms with Crippen molar-refractivity contribution in [1.82, 2.24) is 0 Å². The Morgan fingerprint density at radius 1 is 1.26 bits per heavy atom. The fraction of sp³-hybridized carbons (Fsp3) is 0.0714. The molecule has 0 spiro atoms. The van der Waals surface area contributed by atoms with E-state index in [1.54, 1.807) is 0 Å². The number of amides is 1. The van der Waals surface area contributed by atoms with Crippen molar-refractivity contribution < 1.29 is 23.2 Å². The van der Waals surface area contributed by atoms with Crippen molar-refractivity contribution in [1.29, 1.82) is 0 Å². The monoisotopic (exact) mass is 386 g/mol. The molecule has 9 heteroatoms. The summed E-state index contributed by atoms with van der Waals surface area (Å²) in [5.41, 5.74) is -0.245. The van der Waals surface area contributed by atoms with Crippen LogP contribution in [0.25, 0.3) is 0 Å². The molecule has 0 aromatic heterocycles. The van der Waals surface area contributed by atoms with Crippen LogP contribution < -0.4 is 10.1 Å². The zero-order valence-electron chi connectivity index (χ0n) is 11.3. The highest BCUT2D eigenvalue weighted by Crippen LogP contribution is 2.28. The first-order chi connectivity index (χ1) is 10.9. The van der Waals surface area contributed by atoms with Gasteiger partial charge >= 0.3 is 6.61 Å². The smallest absolute Gasteiger partial charge is 0.387 e. The Labute approximate surface area is 137 Å². The third kappa shape index (κ3) is 4.22. The summed E-state index contributed by atoms with van der Waals surface area (Å²) in [6, 6.07) is 9.44. The van der Waals surface area contributed by atoms with E-state index in [1.165, 1.54) is 36.4 Å². The average Bonchev–Trinajstić information content (AvgIpc) is 2.48. The van der Waals surface area contributed by atoms with Crippen LogP contribution in [-0.2, 0) is 0 Å². The normalized spacial score (nSPS) is 10.4. The minimum Gasteiger partial charge on any atom is -0.433 e. The lowest BCUT2D eigenvalue weighted by Gasteiger charge is -2.11. The average molecular weight is 387 g/mol. The number of carbonyl (C=O) groups excluding carboxylic acids is 1. The highest BCUT2D eigenvalue weighted by molar-refractivity contribution is 9.10. The number of nitro groups is 1. The molecule has 0 aliphatic heterocycles.